The molecule has 19 heavy (non-hydrogen) atoms. The molecule has 3 heterocycles. The summed E-state index contributed by atoms with van der Waals surface area (Å²) in [6, 6.07) is 8.58. The number of aromatic nitrogens is 2. The van der Waals surface area contributed by atoms with Gasteiger partial charge in [0, 0.05) is 37.2 Å². The van der Waals surface area contributed by atoms with Gasteiger partial charge in [-0.3, -0.25) is 4.98 Å². The summed E-state index contributed by atoms with van der Waals surface area (Å²) in [5.41, 5.74) is 8.25. The smallest absolute Gasteiger partial charge is 0.133 e. The normalized spacial score (nSPS) is 18.8. The van der Waals surface area contributed by atoms with Gasteiger partial charge in [0.2, 0.25) is 0 Å². The second-order valence-corrected chi connectivity index (χ2v) is 4.82. The van der Waals surface area contributed by atoms with Crippen molar-refractivity contribution in [3.8, 4) is 0 Å². The SMILES string of the molecule is NCc1cccnc1N1CCCC1c1ccncc1. The van der Waals surface area contributed by atoms with E-state index in [4.69, 9.17) is 5.73 Å². The molecule has 2 aromatic rings. The summed E-state index contributed by atoms with van der Waals surface area (Å²) in [7, 11) is 0. The second-order valence-electron chi connectivity index (χ2n) is 4.82. The monoisotopic (exact) mass is 254 g/mol. The van der Waals surface area contributed by atoms with Crippen molar-refractivity contribution in [3.63, 3.8) is 0 Å². The molecular formula is C15H18N4. The van der Waals surface area contributed by atoms with E-state index in [1.165, 1.54) is 12.0 Å². The summed E-state index contributed by atoms with van der Waals surface area (Å²) >= 11 is 0. The summed E-state index contributed by atoms with van der Waals surface area (Å²) in [5.74, 6) is 1.03. The Hall–Kier alpha value is -1.94. The molecule has 98 valence electrons. The van der Waals surface area contributed by atoms with Crippen LogP contribution >= 0.6 is 0 Å². The third kappa shape index (κ3) is 2.31. The van der Waals surface area contributed by atoms with Gasteiger partial charge in [-0.2, -0.15) is 0 Å². The van der Waals surface area contributed by atoms with Crippen molar-refractivity contribution < 1.29 is 0 Å². The van der Waals surface area contributed by atoms with Crippen LogP contribution in [0.2, 0.25) is 0 Å². The van der Waals surface area contributed by atoms with E-state index in [1.807, 2.05) is 24.7 Å². The molecule has 1 saturated heterocycles. The fraction of sp³-hybridized carbons (Fsp3) is 0.333. The molecule has 3 rings (SSSR count). The maximum absolute atomic E-state index is 5.83. The molecule has 1 aliphatic heterocycles. The predicted molar refractivity (Wildman–Crippen MR) is 75.7 cm³/mol. The number of pyridine rings is 2. The highest BCUT2D eigenvalue weighted by atomic mass is 15.2. The van der Waals surface area contributed by atoms with E-state index in [-0.39, 0.29) is 0 Å². The largest absolute Gasteiger partial charge is 0.349 e. The Balaban J connectivity index is 1.95. The number of hydrogen-bond donors (Lipinski definition) is 1. The molecule has 2 N–H and O–H groups in total. The molecule has 0 aromatic carbocycles. The van der Waals surface area contributed by atoms with E-state index in [0.717, 1.165) is 24.3 Å². The number of nitrogens with zero attached hydrogens (tertiary/aromatic N) is 3. The Morgan fingerprint density at radius 3 is 2.84 bits per heavy atom. The average molecular weight is 254 g/mol. The van der Waals surface area contributed by atoms with Gasteiger partial charge in [-0.25, -0.2) is 4.98 Å². The van der Waals surface area contributed by atoms with E-state index in [0.29, 0.717) is 12.6 Å². The molecule has 4 nitrogen and oxygen atoms in total. The van der Waals surface area contributed by atoms with Gasteiger partial charge in [0.1, 0.15) is 5.82 Å². The molecule has 0 aliphatic carbocycles. The van der Waals surface area contributed by atoms with Crippen molar-refractivity contribution in [3.05, 3.63) is 54.0 Å². The van der Waals surface area contributed by atoms with E-state index < -0.39 is 0 Å². The van der Waals surface area contributed by atoms with Gasteiger partial charge in [-0.05, 0) is 36.6 Å². The maximum Gasteiger partial charge on any atom is 0.133 e. The summed E-state index contributed by atoms with van der Waals surface area (Å²) in [5, 5.41) is 0. The van der Waals surface area contributed by atoms with E-state index in [9.17, 15) is 0 Å². The molecule has 4 heteroatoms. The van der Waals surface area contributed by atoms with Crippen molar-refractivity contribution in [1.29, 1.82) is 0 Å². The lowest BCUT2D eigenvalue weighted by Gasteiger charge is -2.27. The van der Waals surface area contributed by atoms with Crippen LogP contribution in [0, 0.1) is 0 Å². The lowest BCUT2D eigenvalue weighted by Crippen LogP contribution is -2.25. The first-order chi connectivity index (χ1) is 9.40. The van der Waals surface area contributed by atoms with Crippen molar-refractivity contribution in [1.82, 2.24) is 9.97 Å². The van der Waals surface area contributed by atoms with Gasteiger partial charge in [0.15, 0.2) is 0 Å². The molecule has 0 amide bonds. The van der Waals surface area contributed by atoms with Crippen molar-refractivity contribution >= 4 is 5.82 Å². The van der Waals surface area contributed by atoms with Crippen LogP contribution in [0.1, 0.15) is 30.0 Å². The zero-order chi connectivity index (χ0) is 13.1. The Bertz CT molecular complexity index is 541. The van der Waals surface area contributed by atoms with Gasteiger partial charge in [0.25, 0.3) is 0 Å². The summed E-state index contributed by atoms with van der Waals surface area (Å²) in [4.78, 5) is 11.0. The number of nitrogens with two attached hydrogens (primary N) is 1. The molecule has 0 radical (unpaired) electrons. The van der Waals surface area contributed by atoms with Crippen LogP contribution in [-0.4, -0.2) is 16.5 Å². The molecule has 2 aromatic heterocycles. The van der Waals surface area contributed by atoms with Crippen LogP contribution in [0.3, 0.4) is 0 Å². The zero-order valence-electron chi connectivity index (χ0n) is 10.9. The Labute approximate surface area is 113 Å². The van der Waals surface area contributed by atoms with Gasteiger partial charge in [0.05, 0.1) is 6.04 Å². The lowest BCUT2D eigenvalue weighted by molar-refractivity contribution is 0.706. The Morgan fingerprint density at radius 2 is 2.05 bits per heavy atom. The third-order valence-electron chi connectivity index (χ3n) is 3.70. The van der Waals surface area contributed by atoms with E-state index in [1.54, 1.807) is 0 Å². The standard InChI is InChI=1S/C15H18N4/c16-11-13-3-1-7-18-15(13)19-10-2-4-14(19)12-5-8-17-9-6-12/h1,3,5-9,14H,2,4,10-11,16H2. The first kappa shape index (κ1) is 12.1. The number of anilines is 1. The van der Waals surface area contributed by atoms with Crippen molar-refractivity contribution in [2.24, 2.45) is 5.73 Å². The lowest BCUT2D eigenvalue weighted by atomic mass is 10.1. The Kier molecular flexibility index (Phi) is 3.42. The molecule has 0 saturated carbocycles. The molecule has 0 spiro atoms. The summed E-state index contributed by atoms with van der Waals surface area (Å²) in [6.45, 7) is 1.57. The van der Waals surface area contributed by atoms with Crippen LogP contribution in [0.5, 0.6) is 0 Å². The minimum atomic E-state index is 0.392. The average Bonchev–Trinajstić information content (AvgIpc) is 2.97. The minimum Gasteiger partial charge on any atom is -0.349 e. The van der Waals surface area contributed by atoms with Crippen LogP contribution in [0.15, 0.2) is 42.9 Å². The van der Waals surface area contributed by atoms with Crippen LogP contribution in [0.25, 0.3) is 0 Å². The first-order valence-electron chi connectivity index (χ1n) is 6.70. The predicted octanol–water partition coefficient (Wildman–Crippen LogP) is 2.28. The summed E-state index contributed by atoms with van der Waals surface area (Å²) < 4.78 is 0. The molecular weight excluding hydrogens is 236 g/mol. The van der Waals surface area contributed by atoms with Gasteiger partial charge >= 0.3 is 0 Å². The van der Waals surface area contributed by atoms with E-state index in [2.05, 4.69) is 33.1 Å². The fourth-order valence-electron chi connectivity index (χ4n) is 2.80. The van der Waals surface area contributed by atoms with Crippen molar-refractivity contribution in [2.45, 2.75) is 25.4 Å². The molecule has 1 atom stereocenters. The Morgan fingerprint density at radius 1 is 1.21 bits per heavy atom. The van der Waals surface area contributed by atoms with E-state index >= 15 is 0 Å². The fourth-order valence-corrected chi connectivity index (χ4v) is 2.80. The molecule has 1 aliphatic rings. The quantitative estimate of drug-likeness (QED) is 0.913. The molecule has 1 unspecified atom stereocenters. The molecule has 0 bridgehead atoms. The highest BCUT2D eigenvalue weighted by Gasteiger charge is 2.28. The van der Waals surface area contributed by atoms with Crippen LogP contribution in [0.4, 0.5) is 5.82 Å². The highest BCUT2D eigenvalue weighted by Crippen LogP contribution is 2.36. The third-order valence-corrected chi connectivity index (χ3v) is 3.70. The highest BCUT2D eigenvalue weighted by molar-refractivity contribution is 5.50. The second kappa shape index (κ2) is 5.36. The topological polar surface area (TPSA) is 55.0 Å². The number of rotatable bonds is 3. The van der Waals surface area contributed by atoms with Gasteiger partial charge in [-0.15, -0.1) is 0 Å². The van der Waals surface area contributed by atoms with Gasteiger partial charge in [-0.1, -0.05) is 6.07 Å². The van der Waals surface area contributed by atoms with Crippen molar-refractivity contribution in [2.75, 3.05) is 11.4 Å². The molecule has 1 fully saturated rings. The number of hydrogen-bond acceptors (Lipinski definition) is 4. The first-order valence-corrected chi connectivity index (χ1v) is 6.70. The van der Waals surface area contributed by atoms with Crippen LogP contribution < -0.4 is 10.6 Å². The van der Waals surface area contributed by atoms with Crippen LogP contribution in [-0.2, 0) is 6.54 Å². The summed E-state index contributed by atoms with van der Waals surface area (Å²) in [6.07, 6.45) is 7.90. The minimum absolute atomic E-state index is 0.392. The van der Waals surface area contributed by atoms with Gasteiger partial charge < -0.3 is 10.6 Å². The maximum atomic E-state index is 5.83. The zero-order valence-corrected chi connectivity index (χ0v) is 10.9.